The monoisotopic (exact) mass is 296 g/mol. The SMILES string of the molecule is CNC(=O)Cn1cc(-c2cc3ccccc3nc2OC)cn1. The Labute approximate surface area is 127 Å². The van der Waals surface area contributed by atoms with Crippen LogP contribution in [0.3, 0.4) is 0 Å². The molecule has 1 amide bonds. The molecule has 112 valence electrons. The number of carbonyl (C=O) groups is 1. The van der Waals surface area contributed by atoms with Crippen LogP contribution in [-0.4, -0.2) is 34.8 Å². The summed E-state index contributed by atoms with van der Waals surface area (Å²) in [6.45, 7) is 0.180. The van der Waals surface area contributed by atoms with Crippen LogP contribution in [0, 0.1) is 0 Å². The van der Waals surface area contributed by atoms with Crippen molar-refractivity contribution in [1.29, 1.82) is 0 Å². The number of aromatic nitrogens is 3. The standard InChI is InChI=1S/C16H16N4O2/c1-17-15(21)10-20-9-12(8-18-20)13-7-11-5-3-4-6-14(11)19-16(13)22-2/h3-9H,10H2,1-2H3,(H,17,21). The molecule has 3 rings (SSSR count). The highest BCUT2D eigenvalue weighted by atomic mass is 16.5. The smallest absolute Gasteiger partial charge is 0.241 e. The number of ether oxygens (including phenoxy) is 1. The van der Waals surface area contributed by atoms with Gasteiger partial charge in [0.2, 0.25) is 11.8 Å². The fourth-order valence-electron chi connectivity index (χ4n) is 2.28. The quantitative estimate of drug-likeness (QED) is 0.798. The third-order valence-corrected chi connectivity index (χ3v) is 3.41. The summed E-state index contributed by atoms with van der Waals surface area (Å²) >= 11 is 0. The molecule has 2 aromatic heterocycles. The van der Waals surface area contributed by atoms with Gasteiger partial charge in [-0.1, -0.05) is 18.2 Å². The Morgan fingerprint density at radius 3 is 2.95 bits per heavy atom. The van der Waals surface area contributed by atoms with Crippen LogP contribution in [0.15, 0.2) is 42.7 Å². The molecule has 0 aliphatic carbocycles. The van der Waals surface area contributed by atoms with Gasteiger partial charge >= 0.3 is 0 Å². The van der Waals surface area contributed by atoms with Gasteiger partial charge in [0.1, 0.15) is 6.54 Å². The van der Waals surface area contributed by atoms with Gasteiger partial charge < -0.3 is 10.1 Å². The van der Waals surface area contributed by atoms with E-state index in [1.807, 2.05) is 36.5 Å². The first-order valence-corrected chi connectivity index (χ1v) is 6.88. The minimum atomic E-state index is -0.0988. The number of para-hydroxylation sites is 1. The lowest BCUT2D eigenvalue weighted by molar-refractivity contribution is -0.121. The molecule has 0 aliphatic rings. The fourth-order valence-corrected chi connectivity index (χ4v) is 2.28. The van der Waals surface area contributed by atoms with Gasteiger partial charge in [-0.2, -0.15) is 5.10 Å². The van der Waals surface area contributed by atoms with Crippen molar-refractivity contribution in [3.8, 4) is 17.0 Å². The predicted octanol–water partition coefficient (Wildman–Crippen LogP) is 1.85. The number of hydrogen-bond acceptors (Lipinski definition) is 4. The molecule has 1 N–H and O–H groups in total. The molecule has 0 bridgehead atoms. The van der Waals surface area contributed by atoms with Gasteiger partial charge in [-0.3, -0.25) is 9.48 Å². The maximum Gasteiger partial charge on any atom is 0.241 e. The summed E-state index contributed by atoms with van der Waals surface area (Å²) in [6, 6.07) is 9.87. The molecular weight excluding hydrogens is 280 g/mol. The molecule has 3 aromatic rings. The van der Waals surface area contributed by atoms with Crippen molar-refractivity contribution >= 4 is 16.8 Å². The number of likely N-dealkylation sites (N-methyl/N-ethyl adjacent to an activating group) is 1. The van der Waals surface area contributed by atoms with Gasteiger partial charge in [-0.05, 0) is 12.1 Å². The second-order valence-electron chi connectivity index (χ2n) is 4.84. The van der Waals surface area contributed by atoms with E-state index in [2.05, 4.69) is 15.4 Å². The Morgan fingerprint density at radius 1 is 1.36 bits per heavy atom. The Hall–Kier alpha value is -2.89. The molecular formula is C16H16N4O2. The highest BCUT2D eigenvalue weighted by Gasteiger charge is 2.12. The van der Waals surface area contributed by atoms with E-state index in [0.717, 1.165) is 22.0 Å². The molecule has 22 heavy (non-hydrogen) atoms. The first kappa shape index (κ1) is 14.1. The summed E-state index contributed by atoms with van der Waals surface area (Å²) in [5.74, 6) is 0.441. The van der Waals surface area contributed by atoms with E-state index in [0.29, 0.717) is 5.88 Å². The number of benzene rings is 1. The zero-order valence-electron chi connectivity index (χ0n) is 12.4. The van der Waals surface area contributed by atoms with Gasteiger partial charge in [0, 0.05) is 29.8 Å². The lowest BCUT2D eigenvalue weighted by atomic mass is 10.1. The summed E-state index contributed by atoms with van der Waals surface area (Å²) in [4.78, 5) is 15.9. The molecule has 0 saturated heterocycles. The normalized spacial score (nSPS) is 10.6. The Balaban J connectivity index is 2.03. The highest BCUT2D eigenvalue weighted by Crippen LogP contribution is 2.31. The van der Waals surface area contributed by atoms with E-state index in [1.54, 1.807) is 25.0 Å². The second kappa shape index (κ2) is 5.85. The van der Waals surface area contributed by atoms with Crippen molar-refractivity contribution in [2.45, 2.75) is 6.54 Å². The van der Waals surface area contributed by atoms with E-state index in [-0.39, 0.29) is 12.5 Å². The van der Waals surface area contributed by atoms with Crippen LogP contribution in [0.2, 0.25) is 0 Å². The molecule has 0 spiro atoms. The fraction of sp³-hybridized carbons (Fsp3) is 0.188. The molecule has 0 aliphatic heterocycles. The Bertz CT molecular complexity index is 826. The van der Waals surface area contributed by atoms with Crippen LogP contribution >= 0.6 is 0 Å². The minimum absolute atomic E-state index is 0.0988. The van der Waals surface area contributed by atoms with E-state index < -0.39 is 0 Å². The molecule has 0 radical (unpaired) electrons. The van der Waals surface area contributed by atoms with Crippen molar-refractivity contribution in [2.24, 2.45) is 0 Å². The van der Waals surface area contributed by atoms with Crippen molar-refractivity contribution in [1.82, 2.24) is 20.1 Å². The molecule has 1 aromatic carbocycles. The summed E-state index contributed by atoms with van der Waals surface area (Å²) in [6.07, 6.45) is 3.51. The zero-order valence-corrected chi connectivity index (χ0v) is 12.4. The summed E-state index contributed by atoms with van der Waals surface area (Å²) in [5, 5.41) is 7.81. The average molecular weight is 296 g/mol. The maximum atomic E-state index is 11.4. The van der Waals surface area contributed by atoms with Crippen molar-refractivity contribution in [3.05, 3.63) is 42.7 Å². The number of methoxy groups -OCH3 is 1. The van der Waals surface area contributed by atoms with E-state index in [9.17, 15) is 4.79 Å². The van der Waals surface area contributed by atoms with Crippen molar-refractivity contribution < 1.29 is 9.53 Å². The lowest BCUT2D eigenvalue weighted by Gasteiger charge is -2.07. The molecule has 0 atom stereocenters. The zero-order chi connectivity index (χ0) is 15.5. The van der Waals surface area contributed by atoms with Gasteiger partial charge in [0.05, 0.1) is 18.8 Å². The van der Waals surface area contributed by atoms with Crippen molar-refractivity contribution in [3.63, 3.8) is 0 Å². The average Bonchev–Trinajstić information content (AvgIpc) is 3.01. The van der Waals surface area contributed by atoms with E-state index >= 15 is 0 Å². The first-order chi connectivity index (χ1) is 10.7. The first-order valence-electron chi connectivity index (χ1n) is 6.88. The highest BCUT2D eigenvalue weighted by molar-refractivity contribution is 5.86. The van der Waals surface area contributed by atoms with Crippen LogP contribution in [0.5, 0.6) is 5.88 Å². The molecule has 2 heterocycles. The largest absolute Gasteiger partial charge is 0.481 e. The van der Waals surface area contributed by atoms with E-state index in [4.69, 9.17) is 4.74 Å². The molecule has 6 nitrogen and oxygen atoms in total. The van der Waals surface area contributed by atoms with Gasteiger partial charge in [0.15, 0.2) is 0 Å². The van der Waals surface area contributed by atoms with Crippen LogP contribution in [-0.2, 0) is 11.3 Å². The predicted molar refractivity (Wildman–Crippen MR) is 83.6 cm³/mol. The minimum Gasteiger partial charge on any atom is -0.481 e. The Kier molecular flexibility index (Phi) is 3.74. The van der Waals surface area contributed by atoms with Crippen LogP contribution in [0.1, 0.15) is 0 Å². The van der Waals surface area contributed by atoms with Crippen molar-refractivity contribution in [2.75, 3.05) is 14.2 Å². The summed E-state index contributed by atoms with van der Waals surface area (Å²) in [7, 11) is 3.19. The van der Waals surface area contributed by atoms with Crippen LogP contribution in [0.25, 0.3) is 22.0 Å². The van der Waals surface area contributed by atoms with Gasteiger partial charge in [-0.15, -0.1) is 0 Å². The number of rotatable bonds is 4. The summed E-state index contributed by atoms with van der Waals surface area (Å²) < 4.78 is 6.98. The number of hydrogen-bond donors (Lipinski definition) is 1. The van der Waals surface area contributed by atoms with Gasteiger partial charge in [0.25, 0.3) is 0 Å². The number of nitrogens with one attached hydrogen (secondary N) is 1. The summed E-state index contributed by atoms with van der Waals surface area (Å²) in [5.41, 5.74) is 2.59. The molecule has 0 saturated carbocycles. The number of nitrogens with zero attached hydrogens (tertiary/aromatic N) is 3. The lowest BCUT2D eigenvalue weighted by Crippen LogP contribution is -2.23. The molecule has 6 heteroatoms. The third kappa shape index (κ3) is 2.63. The molecule has 0 unspecified atom stereocenters. The topological polar surface area (TPSA) is 69.0 Å². The number of fused-ring (bicyclic) bond motifs is 1. The van der Waals surface area contributed by atoms with Crippen LogP contribution < -0.4 is 10.1 Å². The Morgan fingerprint density at radius 2 is 2.18 bits per heavy atom. The van der Waals surface area contributed by atoms with Gasteiger partial charge in [-0.25, -0.2) is 4.98 Å². The molecule has 0 fully saturated rings. The van der Waals surface area contributed by atoms with E-state index in [1.165, 1.54) is 0 Å². The number of amides is 1. The third-order valence-electron chi connectivity index (χ3n) is 3.41. The number of carbonyl (C=O) groups excluding carboxylic acids is 1. The maximum absolute atomic E-state index is 11.4. The van der Waals surface area contributed by atoms with Crippen LogP contribution in [0.4, 0.5) is 0 Å². The number of pyridine rings is 1. The second-order valence-corrected chi connectivity index (χ2v) is 4.84.